The number of Topliss-reactive ketones (excluding diaryl/α,β-unsaturated/α-hetero) is 2. The number of aromatic nitrogens is 2. The van der Waals surface area contributed by atoms with Crippen LogP contribution in [0.25, 0.3) is 11.4 Å². The molecule has 2 N–H and O–H groups in total. The Kier molecular flexibility index (Phi) is 6.73. The van der Waals surface area contributed by atoms with E-state index < -0.39 is 5.92 Å². The number of carbonyl (C=O) groups excluding carboxylic acids is 2. The summed E-state index contributed by atoms with van der Waals surface area (Å²) in [5.74, 6) is 0.987. The number of dihydropyridines is 1. The van der Waals surface area contributed by atoms with Crippen LogP contribution in [-0.4, -0.2) is 21.5 Å². The zero-order valence-electron chi connectivity index (χ0n) is 19.3. The number of carbonyl (C=O) groups is 2. The summed E-state index contributed by atoms with van der Waals surface area (Å²) in [5, 5.41) is 3.33. The molecule has 0 amide bonds. The fourth-order valence-corrected chi connectivity index (χ4v) is 5.22. The van der Waals surface area contributed by atoms with Crippen molar-refractivity contribution in [3.63, 3.8) is 0 Å². The average molecular weight is 432 g/mol. The van der Waals surface area contributed by atoms with Crippen molar-refractivity contribution in [3.8, 4) is 11.4 Å². The maximum Gasteiger partial charge on any atom is 0.161 e. The summed E-state index contributed by atoms with van der Waals surface area (Å²) in [6.45, 7) is 5.75. The lowest BCUT2D eigenvalue weighted by Gasteiger charge is -2.31. The van der Waals surface area contributed by atoms with Crippen LogP contribution < -0.4 is 5.32 Å². The number of hydrogen-bond donors (Lipinski definition) is 2. The van der Waals surface area contributed by atoms with Gasteiger partial charge in [-0.05, 0) is 19.8 Å². The number of allylic oxidation sites excluding steroid dienone is 4. The Labute approximate surface area is 190 Å². The van der Waals surface area contributed by atoms with Crippen LogP contribution in [0.3, 0.4) is 0 Å². The number of aromatic amines is 1. The third kappa shape index (κ3) is 4.47. The number of hydrogen-bond acceptors (Lipinski definition) is 4. The van der Waals surface area contributed by atoms with Crippen LogP contribution in [0.4, 0.5) is 0 Å². The van der Waals surface area contributed by atoms with Crippen molar-refractivity contribution < 1.29 is 9.59 Å². The van der Waals surface area contributed by atoms with E-state index in [4.69, 9.17) is 0 Å². The molecule has 4 rings (SSSR count). The minimum Gasteiger partial charge on any atom is -0.362 e. The lowest BCUT2D eigenvalue weighted by atomic mass is 9.76. The van der Waals surface area contributed by atoms with Crippen LogP contribution in [-0.2, 0) is 9.59 Å². The van der Waals surface area contributed by atoms with E-state index in [0.717, 1.165) is 41.3 Å². The Hall–Kier alpha value is -2.95. The second-order valence-electron chi connectivity index (χ2n) is 9.10. The van der Waals surface area contributed by atoms with E-state index in [1.165, 1.54) is 19.3 Å². The fraction of sp³-hybridized carbons (Fsp3) is 0.444. The van der Waals surface area contributed by atoms with Crippen LogP contribution in [0.5, 0.6) is 0 Å². The van der Waals surface area contributed by atoms with Gasteiger partial charge in [0.2, 0.25) is 0 Å². The summed E-state index contributed by atoms with van der Waals surface area (Å²) < 4.78 is 0. The monoisotopic (exact) mass is 431 g/mol. The van der Waals surface area contributed by atoms with Gasteiger partial charge in [-0.25, -0.2) is 4.98 Å². The van der Waals surface area contributed by atoms with Crippen molar-refractivity contribution in [3.05, 3.63) is 64.8 Å². The molecule has 5 nitrogen and oxygen atoms in total. The highest BCUT2D eigenvalue weighted by atomic mass is 16.1. The molecule has 32 heavy (non-hydrogen) atoms. The van der Waals surface area contributed by atoms with E-state index >= 15 is 0 Å². The molecule has 1 aliphatic carbocycles. The van der Waals surface area contributed by atoms with Crippen molar-refractivity contribution >= 4 is 11.6 Å². The Morgan fingerprint density at radius 1 is 0.969 bits per heavy atom. The molecular weight excluding hydrogens is 398 g/mol. The minimum atomic E-state index is -0.412. The number of benzene rings is 1. The predicted molar refractivity (Wildman–Crippen MR) is 127 cm³/mol. The lowest BCUT2D eigenvalue weighted by Crippen LogP contribution is -2.32. The molecule has 1 fully saturated rings. The molecule has 0 spiro atoms. The maximum atomic E-state index is 13.6. The van der Waals surface area contributed by atoms with Crippen molar-refractivity contribution in [1.29, 1.82) is 0 Å². The standard InChI is InChI=1S/C27H33N3O2/c1-4-22(31)24-17(2)29-18(3)25(23(32)15-19-11-7-5-8-12-19)26(24)21-16-28-27(30-21)20-13-9-6-10-14-20/h6,9-10,13-14,16,19,26,29H,4-5,7-8,11-12,15H2,1-3H3,(H,28,30). The van der Waals surface area contributed by atoms with E-state index in [1.54, 1.807) is 6.20 Å². The predicted octanol–water partition coefficient (Wildman–Crippen LogP) is 5.83. The Balaban J connectivity index is 1.74. The molecule has 5 heteroatoms. The molecule has 2 aliphatic rings. The normalized spacial score (nSPS) is 19.8. The van der Waals surface area contributed by atoms with Gasteiger partial charge in [0.05, 0.1) is 5.92 Å². The van der Waals surface area contributed by atoms with E-state index in [9.17, 15) is 9.59 Å². The molecule has 0 bridgehead atoms. The molecule has 1 unspecified atom stereocenters. The minimum absolute atomic E-state index is 0.0614. The van der Waals surface area contributed by atoms with E-state index in [2.05, 4.69) is 15.3 Å². The Morgan fingerprint density at radius 3 is 2.28 bits per heavy atom. The van der Waals surface area contributed by atoms with Gasteiger partial charge in [0, 0.05) is 52.8 Å². The van der Waals surface area contributed by atoms with Gasteiger partial charge in [0.15, 0.2) is 11.6 Å². The molecule has 1 saturated carbocycles. The van der Waals surface area contributed by atoms with Gasteiger partial charge >= 0.3 is 0 Å². The largest absolute Gasteiger partial charge is 0.362 e. The summed E-state index contributed by atoms with van der Waals surface area (Å²) in [6, 6.07) is 9.92. The van der Waals surface area contributed by atoms with Gasteiger partial charge in [0.1, 0.15) is 5.82 Å². The number of H-pyrrole nitrogens is 1. The first-order valence-electron chi connectivity index (χ1n) is 11.8. The van der Waals surface area contributed by atoms with Crippen molar-refractivity contribution in [1.82, 2.24) is 15.3 Å². The number of rotatable bonds is 7. The molecule has 0 saturated heterocycles. The molecule has 1 aliphatic heterocycles. The maximum absolute atomic E-state index is 13.6. The highest BCUT2D eigenvalue weighted by molar-refractivity contribution is 6.05. The summed E-state index contributed by atoms with van der Waals surface area (Å²) in [6.07, 6.45) is 8.65. The van der Waals surface area contributed by atoms with Crippen molar-refractivity contribution in [2.24, 2.45) is 5.92 Å². The molecule has 2 heterocycles. The first-order chi connectivity index (χ1) is 15.5. The Bertz CT molecular complexity index is 1060. The van der Waals surface area contributed by atoms with Crippen LogP contribution in [0.1, 0.15) is 77.3 Å². The number of ketones is 2. The summed E-state index contributed by atoms with van der Waals surface area (Å²) in [7, 11) is 0. The molecular formula is C27H33N3O2. The van der Waals surface area contributed by atoms with Gasteiger partial charge in [-0.15, -0.1) is 0 Å². The van der Waals surface area contributed by atoms with Gasteiger partial charge in [-0.2, -0.15) is 0 Å². The SMILES string of the molecule is CCC(=O)C1=C(C)NC(C)=C(C(=O)CC2CCCCC2)C1c1cnc(-c2ccccc2)[nH]1. The summed E-state index contributed by atoms with van der Waals surface area (Å²) in [5.41, 5.74) is 4.83. The van der Waals surface area contributed by atoms with E-state index in [0.29, 0.717) is 29.9 Å². The molecule has 1 aromatic carbocycles. The van der Waals surface area contributed by atoms with Crippen molar-refractivity contribution in [2.45, 2.75) is 71.6 Å². The highest BCUT2D eigenvalue weighted by Gasteiger charge is 2.37. The van der Waals surface area contributed by atoms with E-state index in [1.807, 2.05) is 51.1 Å². The number of nitrogens with one attached hydrogen (secondary N) is 2. The molecule has 168 valence electrons. The number of nitrogens with zero attached hydrogens (tertiary/aromatic N) is 1. The van der Waals surface area contributed by atoms with Gasteiger partial charge in [0.25, 0.3) is 0 Å². The van der Waals surface area contributed by atoms with Gasteiger partial charge in [-0.1, -0.05) is 69.4 Å². The van der Waals surface area contributed by atoms with Crippen molar-refractivity contribution in [2.75, 3.05) is 0 Å². The summed E-state index contributed by atoms with van der Waals surface area (Å²) in [4.78, 5) is 34.7. The third-order valence-corrected chi connectivity index (χ3v) is 6.83. The van der Waals surface area contributed by atoms with Crippen LogP contribution in [0, 0.1) is 5.92 Å². The summed E-state index contributed by atoms with van der Waals surface area (Å²) >= 11 is 0. The average Bonchev–Trinajstić information content (AvgIpc) is 3.29. The molecule has 0 radical (unpaired) electrons. The topological polar surface area (TPSA) is 74.8 Å². The quantitative estimate of drug-likeness (QED) is 0.578. The van der Waals surface area contributed by atoms with Crippen LogP contribution in [0.2, 0.25) is 0 Å². The second-order valence-corrected chi connectivity index (χ2v) is 9.10. The zero-order chi connectivity index (χ0) is 22.7. The fourth-order valence-electron chi connectivity index (χ4n) is 5.22. The first-order valence-corrected chi connectivity index (χ1v) is 11.8. The lowest BCUT2D eigenvalue weighted by molar-refractivity contribution is -0.117. The highest BCUT2D eigenvalue weighted by Crippen LogP contribution is 2.40. The van der Waals surface area contributed by atoms with Crippen LogP contribution in [0.15, 0.2) is 59.1 Å². The first kappa shape index (κ1) is 22.3. The van der Waals surface area contributed by atoms with Gasteiger partial charge in [-0.3, -0.25) is 9.59 Å². The molecule has 1 atom stereocenters. The Morgan fingerprint density at radius 2 is 1.62 bits per heavy atom. The second kappa shape index (κ2) is 9.68. The smallest absolute Gasteiger partial charge is 0.161 e. The van der Waals surface area contributed by atoms with Gasteiger partial charge < -0.3 is 10.3 Å². The van der Waals surface area contributed by atoms with Crippen LogP contribution >= 0.6 is 0 Å². The zero-order valence-corrected chi connectivity index (χ0v) is 19.3. The van der Waals surface area contributed by atoms with E-state index in [-0.39, 0.29) is 11.6 Å². The number of imidazole rings is 1. The molecule has 2 aromatic rings. The third-order valence-electron chi connectivity index (χ3n) is 6.83. The molecule has 1 aromatic heterocycles.